The van der Waals surface area contributed by atoms with Crippen LogP contribution in [0.5, 0.6) is 0 Å². The third-order valence-electron chi connectivity index (χ3n) is 3.68. The fraction of sp³-hybridized carbons (Fsp3) is 0.533. The van der Waals surface area contributed by atoms with Gasteiger partial charge in [-0.25, -0.2) is 10.8 Å². The summed E-state index contributed by atoms with van der Waals surface area (Å²) in [6.45, 7) is 2.82. The second-order valence-corrected chi connectivity index (χ2v) is 5.10. The van der Waals surface area contributed by atoms with E-state index in [1.54, 1.807) is 0 Å². The van der Waals surface area contributed by atoms with Crippen LogP contribution in [0.4, 0.5) is 0 Å². The first kappa shape index (κ1) is 13.9. The molecule has 0 saturated heterocycles. The van der Waals surface area contributed by atoms with E-state index in [2.05, 4.69) is 46.9 Å². The van der Waals surface area contributed by atoms with Crippen LogP contribution in [0.2, 0.25) is 0 Å². The maximum absolute atomic E-state index is 5.52. The zero-order valence-electron chi connectivity index (χ0n) is 11.7. The molecule has 1 saturated carbocycles. The maximum atomic E-state index is 5.52. The molecular weight excluding hydrogens is 236 g/mol. The Kier molecular flexibility index (Phi) is 5.21. The molecule has 0 spiro atoms. The highest BCUT2D eigenvalue weighted by molar-refractivity contribution is 5.79. The molecule has 0 heterocycles. The van der Waals surface area contributed by atoms with Gasteiger partial charge in [0.05, 0.1) is 6.54 Å². The van der Waals surface area contributed by atoms with Crippen molar-refractivity contribution in [2.45, 2.75) is 51.6 Å². The molecule has 0 unspecified atom stereocenters. The number of nitrogens with zero attached hydrogens (tertiary/aromatic N) is 1. The summed E-state index contributed by atoms with van der Waals surface area (Å²) in [4.78, 5) is 4.50. The van der Waals surface area contributed by atoms with E-state index in [-0.39, 0.29) is 0 Å². The van der Waals surface area contributed by atoms with Gasteiger partial charge in [0, 0.05) is 6.04 Å². The Balaban J connectivity index is 1.89. The summed E-state index contributed by atoms with van der Waals surface area (Å²) in [5.74, 6) is 6.22. The highest BCUT2D eigenvalue weighted by atomic mass is 15.3. The van der Waals surface area contributed by atoms with Crippen LogP contribution in [0.15, 0.2) is 29.3 Å². The minimum Gasteiger partial charge on any atom is -0.353 e. The fourth-order valence-corrected chi connectivity index (χ4v) is 2.45. The van der Waals surface area contributed by atoms with Crippen molar-refractivity contribution in [3.63, 3.8) is 0 Å². The van der Waals surface area contributed by atoms with Crippen molar-refractivity contribution in [2.75, 3.05) is 0 Å². The minimum atomic E-state index is 0.525. The second-order valence-electron chi connectivity index (χ2n) is 5.10. The van der Waals surface area contributed by atoms with Crippen LogP contribution < -0.4 is 16.6 Å². The summed E-state index contributed by atoms with van der Waals surface area (Å²) in [6.07, 6.45) is 6.10. The number of guanidine groups is 1. The highest BCUT2D eigenvalue weighted by Gasteiger charge is 2.15. The van der Waals surface area contributed by atoms with Crippen molar-refractivity contribution in [3.8, 4) is 0 Å². The van der Waals surface area contributed by atoms with Gasteiger partial charge in [0.25, 0.3) is 0 Å². The molecule has 0 amide bonds. The number of nitrogens with two attached hydrogens (primary N) is 1. The molecule has 1 aromatic carbocycles. The molecule has 0 bridgehead atoms. The van der Waals surface area contributed by atoms with E-state index in [4.69, 9.17) is 5.84 Å². The van der Waals surface area contributed by atoms with Gasteiger partial charge in [0.15, 0.2) is 0 Å². The Hall–Kier alpha value is -1.55. The predicted octanol–water partition coefficient (Wildman–Crippen LogP) is 2.10. The molecule has 19 heavy (non-hydrogen) atoms. The van der Waals surface area contributed by atoms with Crippen LogP contribution in [0.1, 0.15) is 43.7 Å². The Morgan fingerprint density at radius 1 is 1.21 bits per heavy atom. The molecule has 0 radical (unpaired) electrons. The zero-order chi connectivity index (χ0) is 13.5. The first-order valence-electron chi connectivity index (χ1n) is 7.17. The molecule has 4 N–H and O–H groups in total. The second kappa shape index (κ2) is 7.14. The summed E-state index contributed by atoms with van der Waals surface area (Å²) < 4.78 is 0. The van der Waals surface area contributed by atoms with Crippen molar-refractivity contribution in [2.24, 2.45) is 10.8 Å². The van der Waals surface area contributed by atoms with Gasteiger partial charge in [0.2, 0.25) is 5.96 Å². The summed E-state index contributed by atoms with van der Waals surface area (Å²) >= 11 is 0. The van der Waals surface area contributed by atoms with E-state index in [1.165, 1.54) is 36.8 Å². The largest absolute Gasteiger partial charge is 0.353 e. The smallest absolute Gasteiger partial charge is 0.206 e. The molecule has 1 aliphatic carbocycles. The van der Waals surface area contributed by atoms with E-state index < -0.39 is 0 Å². The lowest BCUT2D eigenvalue weighted by molar-refractivity contribution is 0.614. The summed E-state index contributed by atoms with van der Waals surface area (Å²) in [5.41, 5.74) is 5.22. The Morgan fingerprint density at radius 2 is 1.84 bits per heavy atom. The molecular formula is C15H24N4. The molecule has 2 rings (SSSR count). The summed E-state index contributed by atoms with van der Waals surface area (Å²) in [6, 6.07) is 9.10. The molecule has 4 heteroatoms. The molecule has 1 aromatic rings. The van der Waals surface area contributed by atoms with Crippen LogP contribution in [-0.4, -0.2) is 12.0 Å². The number of hydrogen-bond donors (Lipinski definition) is 3. The lowest BCUT2D eigenvalue weighted by Crippen LogP contribution is -2.45. The van der Waals surface area contributed by atoms with E-state index in [9.17, 15) is 0 Å². The Labute approximate surface area is 115 Å². The molecule has 4 nitrogen and oxygen atoms in total. The molecule has 0 aliphatic heterocycles. The van der Waals surface area contributed by atoms with Gasteiger partial charge in [-0.2, -0.15) is 0 Å². The number of nitrogens with one attached hydrogen (secondary N) is 2. The third kappa shape index (κ3) is 4.24. The summed E-state index contributed by atoms with van der Waals surface area (Å²) in [5, 5.41) is 3.37. The standard InChI is InChI=1S/C15H24N4/c1-2-12-7-9-13(10-8-12)11-17-15(19-16)18-14-5-3-4-6-14/h7-10,14H,2-6,11,16H2,1H3,(H2,17,18,19). The average molecular weight is 260 g/mol. The van der Waals surface area contributed by atoms with E-state index in [0.717, 1.165) is 6.42 Å². The van der Waals surface area contributed by atoms with E-state index in [1.807, 2.05) is 0 Å². The topological polar surface area (TPSA) is 62.4 Å². The summed E-state index contributed by atoms with van der Waals surface area (Å²) in [7, 11) is 0. The van der Waals surface area contributed by atoms with Gasteiger partial charge in [-0.3, -0.25) is 5.43 Å². The lowest BCUT2D eigenvalue weighted by atomic mass is 10.1. The van der Waals surface area contributed by atoms with Crippen LogP contribution in [0.3, 0.4) is 0 Å². The molecule has 0 aromatic heterocycles. The van der Waals surface area contributed by atoms with Gasteiger partial charge in [-0.15, -0.1) is 0 Å². The Morgan fingerprint density at radius 3 is 2.42 bits per heavy atom. The first-order chi connectivity index (χ1) is 9.31. The average Bonchev–Trinajstić information content (AvgIpc) is 2.97. The number of hydrazine groups is 1. The number of rotatable bonds is 4. The van der Waals surface area contributed by atoms with Crippen molar-refractivity contribution >= 4 is 5.96 Å². The van der Waals surface area contributed by atoms with Gasteiger partial charge in [-0.1, -0.05) is 44.0 Å². The lowest BCUT2D eigenvalue weighted by Gasteiger charge is -2.15. The van der Waals surface area contributed by atoms with Crippen molar-refractivity contribution in [1.82, 2.24) is 10.7 Å². The monoisotopic (exact) mass is 260 g/mol. The number of aliphatic imine (C=N–C) groups is 1. The highest BCUT2D eigenvalue weighted by Crippen LogP contribution is 2.17. The third-order valence-corrected chi connectivity index (χ3v) is 3.68. The number of aryl methyl sites for hydroxylation is 1. The Bertz CT molecular complexity index is 405. The molecule has 1 aliphatic rings. The van der Waals surface area contributed by atoms with Crippen LogP contribution in [0, 0.1) is 0 Å². The minimum absolute atomic E-state index is 0.525. The van der Waals surface area contributed by atoms with Gasteiger partial charge in [-0.05, 0) is 30.4 Å². The van der Waals surface area contributed by atoms with Crippen molar-refractivity contribution in [1.29, 1.82) is 0 Å². The first-order valence-corrected chi connectivity index (χ1v) is 7.17. The molecule has 0 atom stereocenters. The SMILES string of the molecule is CCc1ccc(CN=C(NN)NC2CCCC2)cc1. The molecule has 1 fully saturated rings. The van der Waals surface area contributed by atoms with Gasteiger partial charge < -0.3 is 5.32 Å². The predicted molar refractivity (Wildman–Crippen MR) is 79.7 cm³/mol. The zero-order valence-corrected chi connectivity index (χ0v) is 11.7. The normalized spacial score (nSPS) is 16.6. The maximum Gasteiger partial charge on any atom is 0.206 e. The van der Waals surface area contributed by atoms with Gasteiger partial charge in [0.1, 0.15) is 0 Å². The number of benzene rings is 1. The quantitative estimate of drug-likeness (QED) is 0.336. The number of hydrogen-bond acceptors (Lipinski definition) is 2. The van der Waals surface area contributed by atoms with E-state index in [0.29, 0.717) is 18.5 Å². The van der Waals surface area contributed by atoms with E-state index >= 15 is 0 Å². The van der Waals surface area contributed by atoms with Crippen LogP contribution in [0.25, 0.3) is 0 Å². The van der Waals surface area contributed by atoms with Crippen molar-refractivity contribution in [3.05, 3.63) is 35.4 Å². The van der Waals surface area contributed by atoms with Gasteiger partial charge >= 0.3 is 0 Å². The van der Waals surface area contributed by atoms with Crippen LogP contribution in [-0.2, 0) is 13.0 Å². The van der Waals surface area contributed by atoms with Crippen LogP contribution >= 0.6 is 0 Å². The fourth-order valence-electron chi connectivity index (χ4n) is 2.45. The molecule has 104 valence electrons. The van der Waals surface area contributed by atoms with Crippen molar-refractivity contribution < 1.29 is 0 Å².